The maximum atomic E-state index is 12.0. The summed E-state index contributed by atoms with van der Waals surface area (Å²) >= 11 is 0. The molecule has 2 heterocycles. The fourth-order valence-corrected chi connectivity index (χ4v) is 2.09. The van der Waals surface area contributed by atoms with E-state index >= 15 is 0 Å². The average Bonchev–Trinajstić information content (AvgIpc) is 2.96. The highest BCUT2D eigenvalue weighted by Crippen LogP contribution is 2.16. The number of nitrogens with zero attached hydrogens (tertiary/aromatic N) is 4. The molecule has 7 heteroatoms. The van der Waals surface area contributed by atoms with Gasteiger partial charge >= 0.3 is 0 Å². The number of likely N-dealkylation sites (tertiary alicyclic amines) is 1. The van der Waals surface area contributed by atoms with Gasteiger partial charge in [-0.2, -0.15) is 0 Å². The zero-order valence-corrected chi connectivity index (χ0v) is 9.62. The van der Waals surface area contributed by atoms with Crippen molar-refractivity contribution in [1.29, 1.82) is 0 Å². The first-order valence-electron chi connectivity index (χ1n) is 5.74. The van der Waals surface area contributed by atoms with Gasteiger partial charge in [-0.05, 0) is 12.8 Å². The van der Waals surface area contributed by atoms with E-state index < -0.39 is 0 Å². The van der Waals surface area contributed by atoms with Gasteiger partial charge < -0.3 is 15.7 Å². The summed E-state index contributed by atoms with van der Waals surface area (Å²) in [5.41, 5.74) is 6.08. The molecule has 94 valence electrons. The molecule has 0 radical (unpaired) electrons. The van der Waals surface area contributed by atoms with Gasteiger partial charge in [0.1, 0.15) is 6.54 Å². The molecule has 7 nitrogen and oxygen atoms in total. The van der Waals surface area contributed by atoms with Gasteiger partial charge in [-0.1, -0.05) is 5.21 Å². The summed E-state index contributed by atoms with van der Waals surface area (Å²) < 4.78 is 1.48. The topological polar surface area (TPSA) is 97.3 Å². The Bertz CT molecular complexity index is 392. The molecule has 1 atom stereocenters. The lowest BCUT2D eigenvalue weighted by Gasteiger charge is -2.22. The van der Waals surface area contributed by atoms with Gasteiger partial charge in [0.15, 0.2) is 0 Å². The molecule has 3 N–H and O–H groups in total. The van der Waals surface area contributed by atoms with Crippen LogP contribution in [0.4, 0.5) is 0 Å². The van der Waals surface area contributed by atoms with Crippen LogP contribution in [-0.4, -0.2) is 50.1 Å². The Morgan fingerprint density at radius 2 is 2.47 bits per heavy atom. The van der Waals surface area contributed by atoms with Crippen LogP contribution in [-0.2, 0) is 17.9 Å². The van der Waals surface area contributed by atoms with Gasteiger partial charge in [-0.3, -0.25) is 4.79 Å². The number of nitrogens with two attached hydrogens (primary N) is 1. The molecule has 0 aromatic carbocycles. The molecule has 1 aliphatic heterocycles. The SMILES string of the molecule is NCc1cn(CC(=O)N2CCC[C@H]2CO)nn1. The van der Waals surface area contributed by atoms with E-state index in [4.69, 9.17) is 10.8 Å². The molecular formula is C10H17N5O2. The van der Waals surface area contributed by atoms with Crippen LogP contribution in [0.15, 0.2) is 6.20 Å². The Kier molecular flexibility index (Phi) is 3.70. The molecule has 17 heavy (non-hydrogen) atoms. The van der Waals surface area contributed by atoms with E-state index in [9.17, 15) is 4.79 Å². The summed E-state index contributed by atoms with van der Waals surface area (Å²) in [5, 5.41) is 16.8. The minimum absolute atomic E-state index is 0.0249. The van der Waals surface area contributed by atoms with Crippen LogP contribution in [0, 0.1) is 0 Å². The summed E-state index contributed by atoms with van der Waals surface area (Å²) in [6, 6.07) is -0.0417. The van der Waals surface area contributed by atoms with Gasteiger partial charge in [-0.15, -0.1) is 5.10 Å². The number of hydrogen-bond acceptors (Lipinski definition) is 5. The predicted molar refractivity (Wildman–Crippen MR) is 59.7 cm³/mol. The van der Waals surface area contributed by atoms with Gasteiger partial charge in [0.2, 0.25) is 5.91 Å². The van der Waals surface area contributed by atoms with Crippen molar-refractivity contribution in [3.63, 3.8) is 0 Å². The van der Waals surface area contributed by atoms with Crippen LogP contribution in [0.5, 0.6) is 0 Å². The molecule has 2 rings (SSSR count). The summed E-state index contributed by atoms with van der Waals surface area (Å²) in [4.78, 5) is 13.7. The van der Waals surface area contributed by atoms with Crippen molar-refractivity contribution in [1.82, 2.24) is 19.9 Å². The summed E-state index contributed by atoms with van der Waals surface area (Å²) in [7, 11) is 0. The van der Waals surface area contributed by atoms with E-state index in [1.54, 1.807) is 11.1 Å². The summed E-state index contributed by atoms with van der Waals surface area (Å²) in [6.07, 6.45) is 3.48. The maximum Gasteiger partial charge on any atom is 0.244 e. The van der Waals surface area contributed by atoms with Crippen LogP contribution in [0.1, 0.15) is 18.5 Å². The normalized spacial score (nSPS) is 19.9. The van der Waals surface area contributed by atoms with Crippen LogP contribution in [0.3, 0.4) is 0 Å². The smallest absolute Gasteiger partial charge is 0.244 e. The molecule has 1 aliphatic rings. The van der Waals surface area contributed by atoms with E-state index in [1.807, 2.05) is 0 Å². The maximum absolute atomic E-state index is 12.0. The number of amides is 1. The van der Waals surface area contributed by atoms with Gasteiger partial charge in [0, 0.05) is 13.1 Å². The lowest BCUT2D eigenvalue weighted by atomic mass is 10.2. The molecule has 1 amide bonds. The van der Waals surface area contributed by atoms with Crippen molar-refractivity contribution in [3.8, 4) is 0 Å². The number of hydrogen-bond donors (Lipinski definition) is 2. The molecule has 1 saturated heterocycles. The second-order valence-corrected chi connectivity index (χ2v) is 4.18. The zero-order chi connectivity index (χ0) is 12.3. The minimum Gasteiger partial charge on any atom is -0.394 e. The van der Waals surface area contributed by atoms with Crippen molar-refractivity contribution in [2.75, 3.05) is 13.2 Å². The first-order chi connectivity index (χ1) is 8.24. The molecule has 1 aromatic heterocycles. The molecule has 0 saturated carbocycles. The molecule has 0 bridgehead atoms. The Labute approximate surface area is 99.2 Å². The minimum atomic E-state index is -0.0417. The number of rotatable bonds is 4. The molecular weight excluding hydrogens is 222 g/mol. The van der Waals surface area contributed by atoms with E-state index in [0.29, 0.717) is 18.8 Å². The third-order valence-corrected chi connectivity index (χ3v) is 3.00. The Morgan fingerprint density at radius 3 is 3.12 bits per heavy atom. The average molecular weight is 239 g/mol. The zero-order valence-electron chi connectivity index (χ0n) is 9.62. The fraction of sp³-hybridized carbons (Fsp3) is 0.700. The summed E-state index contributed by atoms with van der Waals surface area (Å²) in [5.74, 6) is -0.0324. The third kappa shape index (κ3) is 2.62. The first-order valence-corrected chi connectivity index (χ1v) is 5.74. The molecule has 0 aliphatic carbocycles. The lowest BCUT2D eigenvalue weighted by molar-refractivity contribution is -0.133. The highest BCUT2D eigenvalue weighted by molar-refractivity contribution is 5.76. The third-order valence-electron chi connectivity index (χ3n) is 3.00. The highest BCUT2D eigenvalue weighted by atomic mass is 16.3. The van der Waals surface area contributed by atoms with E-state index in [2.05, 4.69) is 10.3 Å². The Morgan fingerprint density at radius 1 is 1.65 bits per heavy atom. The highest BCUT2D eigenvalue weighted by Gasteiger charge is 2.28. The van der Waals surface area contributed by atoms with E-state index in [-0.39, 0.29) is 25.1 Å². The number of carbonyl (C=O) groups excluding carboxylic acids is 1. The van der Waals surface area contributed by atoms with Gasteiger partial charge in [-0.25, -0.2) is 4.68 Å². The van der Waals surface area contributed by atoms with Crippen molar-refractivity contribution >= 4 is 5.91 Å². The Balaban J connectivity index is 1.96. The number of aromatic nitrogens is 3. The van der Waals surface area contributed by atoms with E-state index in [1.165, 1.54) is 4.68 Å². The molecule has 1 aromatic rings. The number of aliphatic hydroxyl groups is 1. The lowest BCUT2D eigenvalue weighted by Crippen LogP contribution is -2.39. The van der Waals surface area contributed by atoms with Crippen LogP contribution in [0.25, 0.3) is 0 Å². The molecule has 0 unspecified atom stereocenters. The van der Waals surface area contributed by atoms with Gasteiger partial charge in [0.25, 0.3) is 0 Å². The molecule has 0 spiro atoms. The van der Waals surface area contributed by atoms with Crippen LogP contribution >= 0.6 is 0 Å². The van der Waals surface area contributed by atoms with Crippen LogP contribution < -0.4 is 5.73 Å². The van der Waals surface area contributed by atoms with Gasteiger partial charge in [0.05, 0.1) is 24.5 Å². The predicted octanol–water partition coefficient (Wildman–Crippen LogP) is -1.28. The van der Waals surface area contributed by atoms with Crippen molar-refractivity contribution in [3.05, 3.63) is 11.9 Å². The standard InChI is InChI=1S/C10H17N5O2/c11-4-8-5-14(13-12-8)6-10(17)15-3-1-2-9(15)7-16/h5,9,16H,1-4,6-7,11H2/t9-/m0/s1. The molecule has 1 fully saturated rings. The number of carbonyl (C=O) groups is 1. The largest absolute Gasteiger partial charge is 0.394 e. The van der Waals surface area contributed by atoms with Crippen LogP contribution in [0.2, 0.25) is 0 Å². The Hall–Kier alpha value is -1.47. The second-order valence-electron chi connectivity index (χ2n) is 4.18. The van der Waals surface area contributed by atoms with Crippen molar-refractivity contribution in [2.24, 2.45) is 5.73 Å². The summed E-state index contributed by atoms with van der Waals surface area (Å²) in [6.45, 7) is 1.21. The van der Waals surface area contributed by atoms with Crippen molar-refractivity contribution in [2.45, 2.75) is 32.0 Å². The fourth-order valence-electron chi connectivity index (χ4n) is 2.09. The quantitative estimate of drug-likeness (QED) is 0.682. The van der Waals surface area contributed by atoms with E-state index in [0.717, 1.165) is 12.8 Å². The second kappa shape index (κ2) is 5.24. The first kappa shape index (κ1) is 12.0. The monoisotopic (exact) mass is 239 g/mol. The van der Waals surface area contributed by atoms with Crippen molar-refractivity contribution < 1.29 is 9.90 Å². The number of aliphatic hydroxyl groups excluding tert-OH is 1.